The van der Waals surface area contributed by atoms with Gasteiger partial charge in [0.25, 0.3) is 0 Å². The summed E-state index contributed by atoms with van der Waals surface area (Å²) in [5, 5.41) is 8.03. The number of hydrogen-bond acceptors (Lipinski definition) is 6. The minimum absolute atomic E-state index is 0.514. The van der Waals surface area contributed by atoms with E-state index in [9.17, 15) is 0 Å². The van der Waals surface area contributed by atoms with Crippen molar-refractivity contribution in [3.8, 4) is 11.5 Å². The lowest BCUT2D eigenvalue weighted by molar-refractivity contribution is 0.219. The highest BCUT2D eigenvalue weighted by atomic mass is 16.5. The van der Waals surface area contributed by atoms with Crippen molar-refractivity contribution in [3.05, 3.63) is 47.8 Å². The third kappa shape index (κ3) is 3.16. The van der Waals surface area contributed by atoms with Gasteiger partial charge < -0.3 is 19.7 Å². The first-order valence-electron chi connectivity index (χ1n) is 9.90. The van der Waals surface area contributed by atoms with E-state index in [1.54, 1.807) is 7.11 Å². The summed E-state index contributed by atoms with van der Waals surface area (Å²) >= 11 is 0. The van der Waals surface area contributed by atoms with Crippen LogP contribution in [0.15, 0.2) is 36.5 Å². The smallest absolute Gasteiger partial charge is 0.157 e. The van der Waals surface area contributed by atoms with Crippen molar-refractivity contribution in [3.63, 3.8) is 0 Å². The average molecular weight is 379 g/mol. The highest BCUT2D eigenvalue weighted by Crippen LogP contribution is 2.31. The Labute approximate surface area is 164 Å². The van der Waals surface area contributed by atoms with Gasteiger partial charge in [0, 0.05) is 43.6 Å². The molecule has 0 radical (unpaired) electrons. The summed E-state index contributed by atoms with van der Waals surface area (Å²) in [4.78, 5) is 7.27. The molecule has 1 saturated heterocycles. The molecule has 0 bridgehead atoms. The molecule has 0 atom stereocenters. The van der Waals surface area contributed by atoms with Crippen LogP contribution in [0.2, 0.25) is 0 Å². The number of rotatable bonds is 5. The molecule has 2 aliphatic rings. The largest absolute Gasteiger partial charge is 0.497 e. The number of nitrogens with one attached hydrogen (secondary N) is 1. The zero-order chi connectivity index (χ0) is 18.9. The summed E-state index contributed by atoms with van der Waals surface area (Å²) in [5.74, 6) is 3.46. The van der Waals surface area contributed by atoms with Crippen molar-refractivity contribution in [2.45, 2.75) is 12.8 Å². The highest BCUT2D eigenvalue weighted by molar-refractivity contribution is 5.59. The van der Waals surface area contributed by atoms with Gasteiger partial charge in [-0.05, 0) is 37.2 Å². The fraction of sp³-hybridized carbons (Fsp3) is 0.429. The van der Waals surface area contributed by atoms with Crippen molar-refractivity contribution >= 4 is 11.5 Å². The van der Waals surface area contributed by atoms with Gasteiger partial charge in [0.2, 0.25) is 0 Å². The molecule has 0 spiro atoms. The maximum atomic E-state index is 5.97. The second-order valence-corrected chi connectivity index (χ2v) is 7.47. The van der Waals surface area contributed by atoms with Crippen molar-refractivity contribution in [1.82, 2.24) is 19.9 Å². The highest BCUT2D eigenvalue weighted by Gasteiger charge is 2.32. The van der Waals surface area contributed by atoms with Crippen LogP contribution in [-0.4, -0.2) is 54.5 Å². The van der Waals surface area contributed by atoms with E-state index in [1.807, 2.05) is 41.0 Å². The minimum Gasteiger partial charge on any atom is -0.497 e. The van der Waals surface area contributed by atoms with E-state index in [4.69, 9.17) is 14.5 Å². The lowest BCUT2D eigenvalue weighted by Gasteiger charge is -2.41. The zero-order valence-electron chi connectivity index (χ0n) is 16.1. The first-order chi connectivity index (χ1) is 13.8. The maximum absolute atomic E-state index is 5.97. The van der Waals surface area contributed by atoms with E-state index in [1.165, 1.54) is 17.1 Å². The Morgan fingerprint density at radius 2 is 1.86 bits per heavy atom. The summed E-state index contributed by atoms with van der Waals surface area (Å²) in [7, 11) is 1.67. The van der Waals surface area contributed by atoms with E-state index in [2.05, 4.69) is 15.3 Å². The van der Waals surface area contributed by atoms with Crippen molar-refractivity contribution < 1.29 is 9.47 Å². The molecule has 1 N–H and O–H groups in total. The molecule has 0 saturated carbocycles. The van der Waals surface area contributed by atoms with Crippen molar-refractivity contribution in [1.29, 1.82) is 0 Å². The molecule has 1 aromatic carbocycles. The number of fused-ring (bicyclic) bond motifs is 2. The number of methoxy groups -OCH3 is 1. The van der Waals surface area contributed by atoms with Gasteiger partial charge in [-0.1, -0.05) is 0 Å². The summed E-state index contributed by atoms with van der Waals surface area (Å²) in [5.41, 5.74) is 3.50. The number of benzene rings is 1. The van der Waals surface area contributed by atoms with Crippen LogP contribution in [0.1, 0.15) is 11.3 Å². The van der Waals surface area contributed by atoms with E-state index < -0.39 is 0 Å². The van der Waals surface area contributed by atoms with Crippen LogP contribution >= 0.6 is 0 Å². The molecule has 0 amide bonds. The van der Waals surface area contributed by atoms with Crippen LogP contribution in [0.5, 0.6) is 11.5 Å². The molecular formula is C21H25N5O2. The van der Waals surface area contributed by atoms with Gasteiger partial charge in [0.1, 0.15) is 17.3 Å². The molecular weight excluding hydrogens is 354 g/mol. The molecule has 7 heteroatoms. The quantitative estimate of drug-likeness (QED) is 0.731. The molecule has 2 aliphatic heterocycles. The molecule has 3 aromatic rings. The van der Waals surface area contributed by atoms with Gasteiger partial charge in [0.15, 0.2) is 5.65 Å². The van der Waals surface area contributed by atoms with Gasteiger partial charge in [-0.3, -0.25) is 0 Å². The Kier molecular flexibility index (Phi) is 4.52. The fourth-order valence-corrected chi connectivity index (χ4v) is 4.07. The van der Waals surface area contributed by atoms with Crippen LogP contribution in [0, 0.1) is 5.92 Å². The topological polar surface area (TPSA) is 63.9 Å². The lowest BCUT2D eigenvalue weighted by Crippen LogP contribution is -2.50. The number of hydrogen-bond donors (Lipinski definition) is 1. The average Bonchev–Trinajstić information content (AvgIpc) is 3.03. The standard InChI is InChI=1S/C21H25N5O2/c1-27-16-2-4-17(5-3-16)28-14-15-12-25(13-15)21-18-6-9-22-10-7-19(18)24-20-8-11-23-26(20)21/h2-5,8,11,15,22H,6-7,9-10,12-14H2,1H3. The lowest BCUT2D eigenvalue weighted by atomic mass is 9.99. The summed E-state index contributed by atoms with van der Waals surface area (Å²) in [6.07, 6.45) is 3.81. The second-order valence-electron chi connectivity index (χ2n) is 7.47. The normalized spacial score (nSPS) is 17.1. The van der Waals surface area contributed by atoms with Crippen molar-refractivity contribution in [2.75, 3.05) is 44.8 Å². The van der Waals surface area contributed by atoms with Gasteiger partial charge in [-0.25, -0.2) is 4.98 Å². The van der Waals surface area contributed by atoms with Crippen molar-refractivity contribution in [2.24, 2.45) is 5.92 Å². The van der Waals surface area contributed by atoms with E-state index in [0.717, 1.165) is 62.8 Å². The predicted molar refractivity (Wildman–Crippen MR) is 107 cm³/mol. The summed E-state index contributed by atoms with van der Waals surface area (Å²) < 4.78 is 13.2. The zero-order valence-corrected chi connectivity index (χ0v) is 16.1. The fourth-order valence-electron chi connectivity index (χ4n) is 4.07. The first-order valence-corrected chi connectivity index (χ1v) is 9.90. The molecule has 7 nitrogen and oxygen atoms in total. The molecule has 1 fully saturated rings. The monoisotopic (exact) mass is 379 g/mol. The summed E-state index contributed by atoms with van der Waals surface area (Å²) in [6, 6.07) is 9.76. The van der Waals surface area contributed by atoms with Crippen LogP contribution in [-0.2, 0) is 12.8 Å². The number of anilines is 1. The minimum atomic E-state index is 0.514. The third-order valence-corrected chi connectivity index (χ3v) is 5.58. The Morgan fingerprint density at radius 3 is 2.68 bits per heavy atom. The molecule has 0 aliphatic carbocycles. The van der Waals surface area contributed by atoms with Gasteiger partial charge in [-0.2, -0.15) is 9.61 Å². The Bertz CT molecular complexity index is 963. The Balaban J connectivity index is 1.29. The first kappa shape index (κ1) is 17.3. The van der Waals surface area contributed by atoms with E-state index in [0.29, 0.717) is 5.92 Å². The maximum Gasteiger partial charge on any atom is 0.157 e. The van der Waals surface area contributed by atoms with Crippen LogP contribution < -0.4 is 19.7 Å². The number of aromatic nitrogens is 3. The van der Waals surface area contributed by atoms with E-state index in [-0.39, 0.29) is 0 Å². The van der Waals surface area contributed by atoms with E-state index >= 15 is 0 Å². The summed E-state index contributed by atoms with van der Waals surface area (Å²) in [6.45, 7) is 4.66. The molecule has 28 heavy (non-hydrogen) atoms. The number of nitrogens with zero attached hydrogens (tertiary/aromatic N) is 4. The van der Waals surface area contributed by atoms with Crippen LogP contribution in [0.25, 0.3) is 5.65 Å². The third-order valence-electron chi connectivity index (χ3n) is 5.58. The SMILES string of the molecule is COc1ccc(OCC2CN(c3c4c(nc5ccnn35)CCNCC4)C2)cc1. The second kappa shape index (κ2) is 7.31. The van der Waals surface area contributed by atoms with Gasteiger partial charge in [-0.15, -0.1) is 0 Å². The molecule has 5 rings (SSSR count). The number of ether oxygens (including phenoxy) is 2. The van der Waals surface area contributed by atoms with Crippen LogP contribution in [0.4, 0.5) is 5.82 Å². The molecule has 146 valence electrons. The predicted octanol–water partition coefficient (Wildman–Crippen LogP) is 1.94. The van der Waals surface area contributed by atoms with Gasteiger partial charge >= 0.3 is 0 Å². The van der Waals surface area contributed by atoms with Gasteiger partial charge in [0.05, 0.1) is 25.6 Å². The Morgan fingerprint density at radius 1 is 1.07 bits per heavy atom. The molecule has 0 unspecified atom stereocenters. The molecule has 4 heterocycles. The Hall–Kier alpha value is -2.80. The molecule has 2 aromatic heterocycles. The van der Waals surface area contributed by atoms with Crippen LogP contribution in [0.3, 0.4) is 0 Å².